The van der Waals surface area contributed by atoms with E-state index in [1.54, 1.807) is 0 Å². The summed E-state index contributed by atoms with van der Waals surface area (Å²) in [6.07, 6.45) is 0. The molecule has 5 heteroatoms. The second-order valence-electron chi connectivity index (χ2n) is 5.09. The van der Waals surface area contributed by atoms with E-state index in [1.807, 2.05) is 32.8 Å². The minimum atomic E-state index is -0.575. The summed E-state index contributed by atoms with van der Waals surface area (Å²) in [7, 11) is 3.87. The van der Waals surface area contributed by atoms with E-state index in [-0.39, 0.29) is 22.7 Å². The van der Waals surface area contributed by atoms with E-state index in [9.17, 15) is 9.18 Å². The number of nitrogens with two attached hydrogens (primary N) is 1. The molecule has 0 aliphatic heterocycles. The molecule has 100 valence electrons. The minimum Gasteiger partial charge on any atom is -0.396 e. The van der Waals surface area contributed by atoms with Gasteiger partial charge in [0, 0.05) is 12.1 Å². The lowest BCUT2D eigenvalue weighted by Crippen LogP contribution is -2.48. The van der Waals surface area contributed by atoms with Crippen molar-refractivity contribution >= 4 is 11.6 Å². The van der Waals surface area contributed by atoms with Gasteiger partial charge in [0.2, 0.25) is 0 Å². The first-order chi connectivity index (χ1) is 8.25. The second-order valence-corrected chi connectivity index (χ2v) is 5.09. The summed E-state index contributed by atoms with van der Waals surface area (Å²) in [5, 5.41) is 2.76. The number of halogens is 1. The number of nitrogen functional groups attached to an aromatic ring is 1. The summed E-state index contributed by atoms with van der Waals surface area (Å²) in [6, 6.07) is 4.21. The average Bonchev–Trinajstić information content (AvgIpc) is 2.29. The number of carbonyl (C=O) groups excluding carboxylic acids is 1. The van der Waals surface area contributed by atoms with E-state index in [0.717, 1.165) is 0 Å². The number of anilines is 1. The fraction of sp³-hybridized carbons (Fsp3) is 0.462. The number of hydrogen-bond donors (Lipinski definition) is 2. The number of nitrogens with zero attached hydrogens (tertiary/aromatic N) is 1. The Kier molecular flexibility index (Phi) is 4.29. The van der Waals surface area contributed by atoms with Gasteiger partial charge in [-0.2, -0.15) is 0 Å². The van der Waals surface area contributed by atoms with Crippen molar-refractivity contribution < 1.29 is 9.18 Å². The van der Waals surface area contributed by atoms with Crippen LogP contribution in [0.3, 0.4) is 0 Å². The second kappa shape index (κ2) is 5.35. The summed E-state index contributed by atoms with van der Waals surface area (Å²) >= 11 is 0. The molecule has 0 aliphatic rings. The van der Waals surface area contributed by atoms with E-state index in [4.69, 9.17) is 5.73 Å². The first-order valence-corrected chi connectivity index (χ1v) is 5.75. The number of nitrogens with one attached hydrogen (secondary N) is 1. The van der Waals surface area contributed by atoms with Crippen LogP contribution in [0.5, 0.6) is 0 Å². The number of amides is 1. The van der Waals surface area contributed by atoms with Crippen LogP contribution in [0.1, 0.15) is 24.2 Å². The van der Waals surface area contributed by atoms with E-state index in [1.165, 1.54) is 18.2 Å². The Morgan fingerprint density at radius 2 is 2.06 bits per heavy atom. The Labute approximate surface area is 107 Å². The van der Waals surface area contributed by atoms with Gasteiger partial charge in [0.05, 0.1) is 11.3 Å². The molecule has 18 heavy (non-hydrogen) atoms. The highest BCUT2D eigenvalue weighted by molar-refractivity contribution is 5.99. The number of likely N-dealkylation sites (N-methyl/N-ethyl adjacent to an activating group) is 1. The van der Waals surface area contributed by atoms with Crippen molar-refractivity contribution in [2.75, 3.05) is 26.4 Å². The molecule has 0 radical (unpaired) electrons. The molecular weight excluding hydrogens is 233 g/mol. The van der Waals surface area contributed by atoms with Gasteiger partial charge in [-0.05, 0) is 40.1 Å². The summed E-state index contributed by atoms with van der Waals surface area (Å²) in [5.74, 6) is -0.934. The number of para-hydroxylation sites is 1. The fourth-order valence-electron chi connectivity index (χ4n) is 1.28. The SMILES string of the molecule is CN(C)C(C)(C)CNC(=O)c1cccc(F)c1N. The van der Waals surface area contributed by atoms with Gasteiger partial charge in [-0.1, -0.05) is 6.07 Å². The van der Waals surface area contributed by atoms with Crippen LogP contribution in [-0.4, -0.2) is 37.0 Å². The smallest absolute Gasteiger partial charge is 0.253 e. The first-order valence-electron chi connectivity index (χ1n) is 5.75. The van der Waals surface area contributed by atoms with Crippen LogP contribution in [0.4, 0.5) is 10.1 Å². The molecule has 0 bridgehead atoms. The normalized spacial score (nSPS) is 11.7. The standard InChI is InChI=1S/C13H20FN3O/c1-13(2,17(3)4)8-16-12(18)9-6-5-7-10(14)11(9)15/h5-7H,8,15H2,1-4H3,(H,16,18). The van der Waals surface area contributed by atoms with Gasteiger partial charge >= 0.3 is 0 Å². The summed E-state index contributed by atoms with van der Waals surface area (Å²) in [4.78, 5) is 13.9. The Hall–Kier alpha value is -1.62. The topological polar surface area (TPSA) is 58.4 Å². The van der Waals surface area contributed by atoms with Crippen LogP contribution in [0, 0.1) is 5.82 Å². The van der Waals surface area contributed by atoms with Gasteiger partial charge in [-0.3, -0.25) is 4.79 Å². The third-order valence-corrected chi connectivity index (χ3v) is 3.19. The van der Waals surface area contributed by atoms with E-state index in [0.29, 0.717) is 6.54 Å². The van der Waals surface area contributed by atoms with E-state index < -0.39 is 5.82 Å². The van der Waals surface area contributed by atoms with Crippen LogP contribution < -0.4 is 11.1 Å². The van der Waals surface area contributed by atoms with Crippen LogP contribution in [0.25, 0.3) is 0 Å². The Morgan fingerprint density at radius 1 is 1.44 bits per heavy atom. The average molecular weight is 253 g/mol. The lowest BCUT2D eigenvalue weighted by atomic mass is 10.0. The molecule has 0 fully saturated rings. The van der Waals surface area contributed by atoms with Crippen LogP contribution in [0.2, 0.25) is 0 Å². The maximum Gasteiger partial charge on any atom is 0.253 e. The number of carbonyl (C=O) groups is 1. The maximum atomic E-state index is 13.2. The lowest BCUT2D eigenvalue weighted by Gasteiger charge is -2.32. The Bertz CT molecular complexity index is 444. The molecule has 0 spiro atoms. The van der Waals surface area contributed by atoms with Gasteiger partial charge in [-0.15, -0.1) is 0 Å². The molecule has 0 saturated heterocycles. The van der Waals surface area contributed by atoms with Crippen molar-refractivity contribution in [1.29, 1.82) is 0 Å². The summed E-state index contributed by atoms with van der Waals surface area (Å²) in [6.45, 7) is 4.46. The number of benzene rings is 1. The van der Waals surface area contributed by atoms with Crippen molar-refractivity contribution in [3.05, 3.63) is 29.6 Å². The van der Waals surface area contributed by atoms with Gasteiger partial charge in [0.1, 0.15) is 5.82 Å². The highest BCUT2D eigenvalue weighted by Gasteiger charge is 2.22. The molecule has 0 aliphatic carbocycles. The van der Waals surface area contributed by atoms with Gasteiger partial charge < -0.3 is 16.0 Å². The molecule has 0 aromatic heterocycles. The minimum absolute atomic E-state index is 0.113. The molecule has 0 unspecified atom stereocenters. The molecule has 1 amide bonds. The zero-order chi connectivity index (χ0) is 13.9. The fourth-order valence-corrected chi connectivity index (χ4v) is 1.28. The molecular formula is C13H20FN3O. The molecule has 4 nitrogen and oxygen atoms in total. The predicted molar refractivity (Wildman–Crippen MR) is 70.9 cm³/mol. The zero-order valence-electron chi connectivity index (χ0n) is 11.2. The molecule has 0 atom stereocenters. The highest BCUT2D eigenvalue weighted by Crippen LogP contribution is 2.16. The van der Waals surface area contributed by atoms with Crippen molar-refractivity contribution in [3.8, 4) is 0 Å². The summed E-state index contributed by atoms with van der Waals surface area (Å²) in [5.41, 5.74) is 5.41. The summed E-state index contributed by atoms with van der Waals surface area (Å²) < 4.78 is 13.2. The lowest BCUT2D eigenvalue weighted by molar-refractivity contribution is 0.0920. The quantitative estimate of drug-likeness (QED) is 0.799. The van der Waals surface area contributed by atoms with Gasteiger partial charge in [0.15, 0.2) is 0 Å². The highest BCUT2D eigenvalue weighted by atomic mass is 19.1. The number of rotatable bonds is 4. The predicted octanol–water partition coefficient (Wildman–Crippen LogP) is 1.48. The molecule has 3 N–H and O–H groups in total. The van der Waals surface area contributed by atoms with Crippen molar-refractivity contribution in [1.82, 2.24) is 10.2 Å². The third kappa shape index (κ3) is 3.20. The Morgan fingerprint density at radius 3 is 2.61 bits per heavy atom. The third-order valence-electron chi connectivity index (χ3n) is 3.19. The van der Waals surface area contributed by atoms with Gasteiger partial charge in [-0.25, -0.2) is 4.39 Å². The molecule has 0 heterocycles. The van der Waals surface area contributed by atoms with Crippen molar-refractivity contribution in [2.45, 2.75) is 19.4 Å². The van der Waals surface area contributed by atoms with E-state index in [2.05, 4.69) is 5.32 Å². The molecule has 1 aromatic carbocycles. The van der Waals surface area contributed by atoms with Crippen LogP contribution >= 0.6 is 0 Å². The monoisotopic (exact) mass is 253 g/mol. The maximum absolute atomic E-state index is 13.2. The largest absolute Gasteiger partial charge is 0.396 e. The van der Waals surface area contributed by atoms with Gasteiger partial charge in [0.25, 0.3) is 5.91 Å². The number of hydrogen-bond acceptors (Lipinski definition) is 3. The first kappa shape index (κ1) is 14.4. The molecule has 1 rings (SSSR count). The molecule has 1 aromatic rings. The Balaban J connectivity index is 2.75. The van der Waals surface area contributed by atoms with Crippen molar-refractivity contribution in [3.63, 3.8) is 0 Å². The van der Waals surface area contributed by atoms with Crippen molar-refractivity contribution in [2.24, 2.45) is 0 Å². The zero-order valence-corrected chi connectivity index (χ0v) is 11.2. The van der Waals surface area contributed by atoms with Crippen LogP contribution in [0.15, 0.2) is 18.2 Å². The van der Waals surface area contributed by atoms with Crippen LogP contribution in [-0.2, 0) is 0 Å². The molecule has 0 saturated carbocycles. The van der Waals surface area contributed by atoms with E-state index >= 15 is 0 Å².